The second kappa shape index (κ2) is 4.90. The van der Waals surface area contributed by atoms with Crippen molar-refractivity contribution < 1.29 is 9.32 Å². The van der Waals surface area contributed by atoms with Gasteiger partial charge in [-0.05, 0) is 25.7 Å². The van der Waals surface area contributed by atoms with Crippen LogP contribution in [0.5, 0.6) is 0 Å². The summed E-state index contributed by atoms with van der Waals surface area (Å²) in [5, 5.41) is 6.64. The summed E-state index contributed by atoms with van der Waals surface area (Å²) < 4.78 is 5.01. The van der Waals surface area contributed by atoms with E-state index in [4.69, 9.17) is 4.52 Å². The highest BCUT2D eigenvalue weighted by Crippen LogP contribution is 2.25. The Morgan fingerprint density at radius 2 is 2.00 bits per heavy atom. The molecule has 1 rings (SSSR count). The third-order valence-corrected chi connectivity index (χ3v) is 2.76. The number of amides is 1. The van der Waals surface area contributed by atoms with Crippen LogP contribution in [0, 0.1) is 25.2 Å². The van der Waals surface area contributed by atoms with Crippen LogP contribution >= 0.6 is 0 Å². The molecule has 1 heterocycles. The first kappa shape index (κ1) is 13.7. The van der Waals surface area contributed by atoms with E-state index >= 15 is 0 Å². The first-order chi connectivity index (χ1) is 7.70. The predicted octanol–water partition coefficient (Wildman–Crippen LogP) is 3.30. The molecule has 0 bridgehead atoms. The number of nitrogens with one attached hydrogen (secondary N) is 1. The maximum absolute atomic E-state index is 12.0. The van der Waals surface area contributed by atoms with E-state index in [0.717, 1.165) is 17.7 Å². The number of aromatic nitrogens is 1. The normalized spacial score (nSPS) is 13.5. The van der Waals surface area contributed by atoms with Gasteiger partial charge in [0.15, 0.2) is 5.82 Å². The van der Waals surface area contributed by atoms with Gasteiger partial charge in [-0.1, -0.05) is 32.9 Å². The predicted molar refractivity (Wildman–Crippen MR) is 67.8 cm³/mol. The monoisotopic (exact) mass is 238 g/mol. The van der Waals surface area contributed by atoms with Crippen molar-refractivity contribution in [1.29, 1.82) is 0 Å². The van der Waals surface area contributed by atoms with Crippen LogP contribution in [0.4, 0.5) is 5.82 Å². The number of hydrogen-bond donors (Lipinski definition) is 1. The van der Waals surface area contributed by atoms with E-state index in [9.17, 15) is 4.79 Å². The third kappa shape index (κ3) is 3.88. The molecule has 4 heteroatoms. The Morgan fingerprint density at radius 3 is 2.41 bits per heavy atom. The van der Waals surface area contributed by atoms with E-state index in [-0.39, 0.29) is 17.2 Å². The van der Waals surface area contributed by atoms with Gasteiger partial charge in [0.1, 0.15) is 5.76 Å². The standard InChI is InChI=1S/C13H22N2O2/c1-8(7-13(4,5)6)12(16)14-11-9(2)10(3)17-15-11/h8H,7H2,1-6H3,(H,14,15,16)/t8-/m1/s1. The summed E-state index contributed by atoms with van der Waals surface area (Å²) in [5.74, 6) is 1.24. The van der Waals surface area contributed by atoms with Crippen molar-refractivity contribution in [3.8, 4) is 0 Å². The van der Waals surface area contributed by atoms with Crippen molar-refractivity contribution in [3.63, 3.8) is 0 Å². The molecule has 0 saturated heterocycles. The second-order valence-corrected chi connectivity index (χ2v) is 5.87. The summed E-state index contributed by atoms with van der Waals surface area (Å²) in [4.78, 5) is 12.0. The largest absolute Gasteiger partial charge is 0.359 e. The zero-order valence-electron chi connectivity index (χ0n) is 11.5. The molecule has 0 aromatic carbocycles. The number of aryl methyl sites for hydroxylation is 1. The topological polar surface area (TPSA) is 55.1 Å². The molecule has 96 valence electrons. The Labute approximate surface area is 103 Å². The smallest absolute Gasteiger partial charge is 0.228 e. The average molecular weight is 238 g/mol. The molecule has 0 unspecified atom stereocenters. The van der Waals surface area contributed by atoms with Crippen LogP contribution in [-0.4, -0.2) is 11.1 Å². The lowest BCUT2D eigenvalue weighted by molar-refractivity contribution is -0.120. The summed E-state index contributed by atoms with van der Waals surface area (Å²) in [7, 11) is 0. The minimum atomic E-state index is -0.0357. The summed E-state index contributed by atoms with van der Waals surface area (Å²) in [6.07, 6.45) is 0.842. The molecular formula is C13H22N2O2. The van der Waals surface area contributed by atoms with Crippen LogP contribution in [0.15, 0.2) is 4.52 Å². The number of nitrogens with zero attached hydrogens (tertiary/aromatic N) is 1. The summed E-state index contributed by atoms with van der Waals surface area (Å²) in [5.41, 5.74) is 1.03. The maximum atomic E-state index is 12.0. The third-order valence-electron chi connectivity index (χ3n) is 2.76. The van der Waals surface area contributed by atoms with Gasteiger partial charge in [0.25, 0.3) is 0 Å². The molecular weight excluding hydrogens is 216 g/mol. The summed E-state index contributed by atoms with van der Waals surface area (Å²) in [6.45, 7) is 12.0. The Bertz CT molecular complexity index is 402. The molecule has 4 nitrogen and oxygen atoms in total. The number of anilines is 1. The maximum Gasteiger partial charge on any atom is 0.228 e. The van der Waals surface area contributed by atoms with E-state index in [0.29, 0.717) is 5.82 Å². The molecule has 17 heavy (non-hydrogen) atoms. The number of carbonyl (C=O) groups is 1. The molecule has 0 aliphatic rings. The Balaban J connectivity index is 2.64. The number of carbonyl (C=O) groups excluding carboxylic acids is 1. The van der Waals surface area contributed by atoms with Crippen LogP contribution in [0.25, 0.3) is 0 Å². The van der Waals surface area contributed by atoms with E-state index in [1.807, 2.05) is 20.8 Å². The van der Waals surface area contributed by atoms with Crippen LogP contribution in [0.3, 0.4) is 0 Å². The van der Waals surface area contributed by atoms with Crippen LogP contribution in [0.1, 0.15) is 45.4 Å². The fraction of sp³-hybridized carbons (Fsp3) is 0.692. The Hall–Kier alpha value is -1.32. The summed E-state index contributed by atoms with van der Waals surface area (Å²) in [6, 6.07) is 0. The lowest BCUT2D eigenvalue weighted by Gasteiger charge is -2.22. The van der Waals surface area contributed by atoms with Crippen LogP contribution < -0.4 is 5.32 Å². The van der Waals surface area contributed by atoms with E-state index in [1.54, 1.807) is 0 Å². The molecule has 0 aliphatic heterocycles. The van der Waals surface area contributed by atoms with Gasteiger partial charge >= 0.3 is 0 Å². The van der Waals surface area contributed by atoms with Gasteiger partial charge < -0.3 is 9.84 Å². The van der Waals surface area contributed by atoms with Gasteiger partial charge in [0, 0.05) is 11.5 Å². The summed E-state index contributed by atoms with van der Waals surface area (Å²) >= 11 is 0. The van der Waals surface area contributed by atoms with Gasteiger partial charge in [-0.15, -0.1) is 0 Å². The SMILES string of the molecule is Cc1onc(NC(=O)[C@H](C)CC(C)(C)C)c1C. The van der Waals surface area contributed by atoms with Crippen molar-refractivity contribution in [2.45, 2.75) is 48.0 Å². The molecule has 1 atom stereocenters. The van der Waals surface area contributed by atoms with Crippen molar-refractivity contribution >= 4 is 11.7 Å². The van der Waals surface area contributed by atoms with Gasteiger partial charge in [0.05, 0.1) is 0 Å². The molecule has 0 fully saturated rings. The highest BCUT2D eigenvalue weighted by atomic mass is 16.5. The minimum absolute atomic E-state index is 0.00340. The highest BCUT2D eigenvalue weighted by Gasteiger charge is 2.22. The number of rotatable bonds is 3. The van der Waals surface area contributed by atoms with Gasteiger partial charge in [-0.25, -0.2) is 0 Å². The van der Waals surface area contributed by atoms with Crippen LogP contribution in [-0.2, 0) is 4.79 Å². The molecule has 0 spiro atoms. The lowest BCUT2D eigenvalue weighted by atomic mass is 9.85. The van der Waals surface area contributed by atoms with Gasteiger partial charge in [0.2, 0.25) is 5.91 Å². The van der Waals surface area contributed by atoms with Crippen LogP contribution in [0.2, 0.25) is 0 Å². The quantitative estimate of drug-likeness (QED) is 0.879. The van der Waals surface area contributed by atoms with E-state index in [2.05, 4.69) is 31.2 Å². The fourth-order valence-electron chi connectivity index (χ4n) is 1.79. The molecule has 0 radical (unpaired) electrons. The van der Waals surface area contributed by atoms with E-state index in [1.165, 1.54) is 0 Å². The minimum Gasteiger partial charge on any atom is -0.359 e. The van der Waals surface area contributed by atoms with Gasteiger partial charge in [-0.2, -0.15) is 0 Å². The Morgan fingerprint density at radius 1 is 1.41 bits per heavy atom. The molecule has 0 aliphatic carbocycles. The first-order valence-electron chi connectivity index (χ1n) is 5.94. The molecule has 1 aromatic rings. The van der Waals surface area contributed by atoms with Crippen molar-refractivity contribution in [1.82, 2.24) is 5.16 Å². The molecule has 1 N–H and O–H groups in total. The first-order valence-corrected chi connectivity index (χ1v) is 5.94. The number of hydrogen-bond acceptors (Lipinski definition) is 3. The lowest BCUT2D eigenvalue weighted by Crippen LogP contribution is -2.25. The highest BCUT2D eigenvalue weighted by molar-refractivity contribution is 5.92. The van der Waals surface area contributed by atoms with Crippen molar-refractivity contribution in [2.24, 2.45) is 11.3 Å². The van der Waals surface area contributed by atoms with Gasteiger partial charge in [-0.3, -0.25) is 4.79 Å². The molecule has 0 saturated carbocycles. The molecule has 1 aromatic heterocycles. The van der Waals surface area contributed by atoms with Crippen molar-refractivity contribution in [3.05, 3.63) is 11.3 Å². The fourth-order valence-corrected chi connectivity index (χ4v) is 1.79. The van der Waals surface area contributed by atoms with E-state index < -0.39 is 0 Å². The molecule has 1 amide bonds. The zero-order chi connectivity index (χ0) is 13.2. The van der Waals surface area contributed by atoms with Crippen molar-refractivity contribution in [2.75, 3.05) is 5.32 Å². The Kier molecular flexibility index (Phi) is 3.96. The average Bonchev–Trinajstić information content (AvgIpc) is 2.47. The zero-order valence-corrected chi connectivity index (χ0v) is 11.5. The second-order valence-electron chi connectivity index (χ2n) is 5.87.